The Hall–Kier alpha value is -1.97. The quantitative estimate of drug-likeness (QED) is 0.386. The Morgan fingerprint density at radius 2 is 1.48 bits per heavy atom. The van der Waals surface area contributed by atoms with E-state index in [0.717, 1.165) is 18.8 Å². The molecule has 0 saturated heterocycles. The largest absolute Gasteiger partial charge is 0.490 e. The Bertz CT molecular complexity index is 764. The van der Waals surface area contributed by atoms with E-state index in [9.17, 15) is 13.2 Å². The molecule has 0 bridgehead atoms. The molecule has 0 aliphatic heterocycles. The van der Waals surface area contributed by atoms with Crippen molar-refractivity contribution in [1.29, 1.82) is 0 Å². The summed E-state index contributed by atoms with van der Waals surface area (Å²) in [5, 5.41) is 0. The molecule has 29 heavy (non-hydrogen) atoms. The number of ether oxygens (including phenoxy) is 1. The second kappa shape index (κ2) is 10.7. The van der Waals surface area contributed by atoms with Gasteiger partial charge in [0.05, 0.1) is 6.61 Å². The molecular weight excluding hydrogens is 373 g/mol. The molecule has 0 radical (unpaired) electrons. The molecule has 2 aromatic rings. The third-order valence-corrected chi connectivity index (χ3v) is 6.11. The minimum atomic E-state index is -0.976. The fraction of sp³-hybridized carbons (Fsp3) is 0.520. The molecule has 0 unspecified atom stereocenters. The first-order chi connectivity index (χ1) is 14.1. The lowest BCUT2D eigenvalue weighted by Crippen LogP contribution is -2.20. The van der Waals surface area contributed by atoms with Gasteiger partial charge in [-0.05, 0) is 54.5 Å². The topological polar surface area (TPSA) is 9.23 Å². The van der Waals surface area contributed by atoms with Crippen LogP contribution < -0.4 is 4.74 Å². The molecule has 158 valence electrons. The van der Waals surface area contributed by atoms with Crippen molar-refractivity contribution in [3.8, 4) is 16.9 Å². The zero-order valence-electron chi connectivity index (χ0n) is 17.2. The van der Waals surface area contributed by atoms with Crippen molar-refractivity contribution < 1.29 is 17.9 Å². The van der Waals surface area contributed by atoms with E-state index in [1.165, 1.54) is 81.3 Å². The fourth-order valence-electron chi connectivity index (χ4n) is 4.25. The Morgan fingerprint density at radius 3 is 2.17 bits per heavy atom. The second-order valence-corrected chi connectivity index (χ2v) is 8.29. The molecule has 0 amide bonds. The molecule has 1 aliphatic rings. The molecule has 3 rings (SSSR count). The molecule has 1 nitrogen and oxygen atoms in total. The van der Waals surface area contributed by atoms with Crippen LogP contribution >= 0.6 is 0 Å². The predicted molar refractivity (Wildman–Crippen MR) is 111 cm³/mol. The van der Waals surface area contributed by atoms with Gasteiger partial charge in [-0.15, -0.1) is 0 Å². The van der Waals surface area contributed by atoms with Crippen LogP contribution in [0.15, 0.2) is 36.4 Å². The second-order valence-electron chi connectivity index (χ2n) is 8.29. The van der Waals surface area contributed by atoms with Crippen molar-refractivity contribution >= 4 is 0 Å². The smallest absolute Gasteiger partial charge is 0.201 e. The monoisotopic (exact) mass is 404 g/mol. The SMILES string of the molecule is CCCCCCC1CCC(COc2ccc(-c3ccc(F)cc3)c(F)c2F)CC1. The summed E-state index contributed by atoms with van der Waals surface area (Å²) in [6.45, 7) is 2.66. The van der Waals surface area contributed by atoms with Gasteiger partial charge in [-0.25, -0.2) is 8.78 Å². The van der Waals surface area contributed by atoms with Crippen LogP contribution in [0, 0.1) is 29.3 Å². The van der Waals surface area contributed by atoms with Gasteiger partial charge in [0.1, 0.15) is 5.82 Å². The molecule has 1 fully saturated rings. The van der Waals surface area contributed by atoms with E-state index in [0.29, 0.717) is 18.1 Å². The number of hydrogen-bond acceptors (Lipinski definition) is 1. The first-order valence-electron chi connectivity index (χ1n) is 10.9. The van der Waals surface area contributed by atoms with Crippen molar-refractivity contribution in [3.63, 3.8) is 0 Å². The highest BCUT2D eigenvalue weighted by molar-refractivity contribution is 5.65. The maximum Gasteiger partial charge on any atom is 0.201 e. The Labute approximate surface area is 172 Å². The first kappa shape index (κ1) is 21.7. The standard InChI is InChI=1S/C25H31F3O/c1-2-3-4-5-6-18-7-9-19(10-8-18)17-29-23-16-15-22(24(27)25(23)28)20-11-13-21(26)14-12-20/h11-16,18-19H,2-10,17H2,1H3. The Morgan fingerprint density at radius 1 is 0.793 bits per heavy atom. The van der Waals surface area contributed by atoms with E-state index >= 15 is 0 Å². The number of benzene rings is 2. The van der Waals surface area contributed by atoms with Crippen LogP contribution in [-0.4, -0.2) is 6.61 Å². The van der Waals surface area contributed by atoms with E-state index in [4.69, 9.17) is 4.74 Å². The van der Waals surface area contributed by atoms with E-state index in [2.05, 4.69) is 6.92 Å². The molecule has 2 aromatic carbocycles. The van der Waals surface area contributed by atoms with Gasteiger partial charge in [0.15, 0.2) is 11.6 Å². The highest BCUT2D eigenvalue weighted by Crippen LogP contribution is 2.34. The minimum Gasteiger partial charge on any atom is -0.490 e. The predicted octanol–water partition coefficient (Wildman–Crippen LogP) is 7.93. The summed E-state index contributed by atoms with van der Waals surface area (Å²) in [6, 6.07) is 8.31. The lowest BCUT2D eigenvalue weighted by molar-refractivity contribution is 0.172. The normalized spacial score (nSPS) is 19.3. The maximum absolute atomic E-state index is 14.5. The highest BCUT2D eigenvalue weighted by Gasteiger charge is 2.22. The summed E-state index contributed by atoms with van der Waals surface area (Å²) in [4.78, 5) is 0. The molecule has 4 heteroatoms. The van der Waals surface area contributed by atoms with Crippen LogP contribution in [0.5, 0.6) is 5.75 Å². The highest BCUT2D eigenvalue weighted by atomic mass is 19.2. The molecular formula is C25H31F3O. The zero-order valence-corrected chi connectivity index (χ0v) is 17.2. The third-order valence-electron chi connectivity index (χ3n) is 6.11. The van der Waals surface area contributed by atoms with Crippen molar-refractivity contribution in [2.75, 3.05) is 6.61 Å². The van der Waals surface area contributed by atoms with Gasteiger partial charge in [-0.1, -0.05) is 64.0 Å². The van der Waals surface area contributed by atoms with Gasteiger partial charge in [-0.2, -0.15) is 4.39 Å². The zero-order chi connectivity index (χ0) is 20.6. The molecule has 1 saturated carbocycles. The Balaban J connectivity index is 1.50. The average molecular weight is 405 g/mol. The lowest BCUT2D eigenvalue weighted by Gasteiger charge is -2.28. The third kappa shape index (κ3) is 6.01. The minimum absolute atomic E-state index is 0.0462. The van der Waals surface area contributed by atoms with E-state index in [-0.39, 0.29) is 11.3 Å². The van der Waals surface area contributed by atoms with Crippen molar-refractivity contribution in [3.05, 3.63) is 53.8 Å². The number of unbranched alkanes of at least 4 members (excludes halogenated alkanes) is 3. The van der Waals surface area contributed by atoms with Crippen molar-refractivity contribution in [1.82, 2.24) is 0 Å². The van der Waals surface area contributed by atoms with Crippen molar-refractivity contribution in [2.45, 2.75) is 64.7 Å². The summed E-state index contributed by atoms with van der Waals surface area (Å²) in [5.74, 6) is -1.17. The van der Waals surface area contributed by atoms with Crippen LogP contribution in [0.1, 0.15) is 64.7 Å². The fourth-order valence-corrected chi connectivity index (χ4v) is 4.25. The van der Waals surface area contributed by atoms with Crippen LogP contribution in [0.3, 0.4) is 0 Å². The van der Waals surface area contributed by atoms with Gasteiger partial charge < -0.3 is 4.74 Å². The van der Waals surface area contributed by atoms with Crippen LogP contribution in [0.2, 0.25) is 0 Å². The van der Waals surface area contributed by atoms with Crippen LogP contribution in [0.25, 0.3) is 11.1 Å². The summed E-state index contributed by atoms with van der Waals surface area (Å²) < 4.78 is 47.7. The van der Waals surface area contributed by atoms with Gasteiger partial charge in [0.2, 0.25) is 5.82 Å². The van der Waals surface area contributed by atoms with E-state index in [1.54, 1.807) is 0 Å². The molecule has 0 spiro atoms. The van der Waals surface area contributed by atoms with E-state index in [1.807, 2.05) is 0 Å². The van der Waals surface area contributed by atoms with Gasteiger partial charge in [0, 0.05) is 5.56 Å². The summed E-state index contributed by atoms with van der Waals surface area (Å²) in [6.07, 6.45) is 11.2. The number of hydrogen-bond donors (Lipinski definition) is 0. The first-order valence-corrected chi connectivity index (χ1v) is 10.9. The Kier molecular flexibility index (Phi) is 8.02. The van der Waals surface area contributed by atoms with Gasteiger partial charge in [0.25, 0.3) is 0 Å². The molecule has 0 N–H and O–H groups in total. The molecule has 0 atom stereocenters. The summed E-state index contributed by atoms with van der Waals surface area (Å²) >= 11 is 0. The summed E-state index contributed by atoms with van der Waals surface area (Å²) in [7, 11) is 0. The summed E-state index contributed by atoms with van der Waals surface area (Å²) in [5.41, 5.74) is 0.546. The maximum atomic E-state index is 14.5. The number of rotatable bonds is 9. The van der Waals surface area contributed by atoms with Gasteiger partial charge >= 0.3 is 0 Å². The molecule has 1 aliphatic carbocycles. The van der Waals surface area contributed by atoms with E-state index < -0.39 is 17.5 Å². The molecule has 0 aromatic heterocycles. The van der Waals surface area contributed by atoms with Crippen LogP contribution in [-0.2, 0) is 0 Å². The number of halogens is 3. The van der Waals surface area contributed by atoms with Gasteiger partial charge in [-0.3, -0.25) is 0 Å². The van der Waals surface area contributed by atoms with Crippen molar-refractivity contribution in [2.24, 2.45) is 11.8 Å². The average Bonchev–Trinajstić information content (AvgIpc) is 2.74. The molecule has 0 heterocycles. The van der Waals surface area contributed by atoms with Crippen LogP contribution in [0.4, 0.5) is 13.2 Å². The lowest BCUT2D eigenvalue weighted by atomic mass is 9.80.